The molecule has 29 heavy (non-hydrogen) atoms. The van der Waals surface area contributed by atoms with E-state index in [-0.39, 0.29) is 24.2 Å². The molecule has 0 bridgehead atoms. The van der Waals surface area contributed by atoms with Gasteiger partial charge in [-0.05, 0) is 37.7 Å². The lowest BCUT2D eigenvalue weighted by molar-refractivity contribution is -0.139. The Balaban J connectivity index is 1.46. The third kappa shape index (κ3) is 3.63. The Morgan fingerprint density at radius 3 is 2.69 bits per heavy atom. The van der Waals surface area contributed by atoms with E-state index in [4.69, 9.17) is 0 Å². The smallest absolute Gasteiger partial charge is 0.324 e. The fraction of sp³-hybridized carbons (Fsp3) is 0.571. The largest absolute Gasteiger partial charge is 0.325 e. The van der Waals surface area contributed by atoms with Crippen LogP contribution < -0.4 is 5.32 Å². The third-order valence-corrected chi connectivity index (χ3v) is 7.70. The lowest BCUT2D eigenvalue weighted by atomic mass is 9.75. The number of nitrogens with zero attached hydrogens (tertiary/aromatic N) is 2. The molecular weight excluding hydrogens is 393 g/mol. The van der Waals surface area contributed by atoms with Crippen LogP contribution in [0.1, 0.15) is 50.0 Å². The van der Waals surface area contributed by atoms with E-state index >= 15 is 0 Å². The van der Waals surface area contributed by atoms with Crippen molar-refractivity contribution in [2.24, 2.45) is 5.92 Å². The second kappa shape index (κ2) is 7.97. The van der Waals surface area contributed by atoms with E-state index in [0.29, 0.717) is 36.6 Å². The van der Waals surface area contributed by atoms with Crippen LogP contribution in [0.4, 0.5) is 9.18 Å². The van der Waals surface area contributed by atoms with E-state index < -0.39 is 16.9 Å². The number of urea groups is 1. The van der Waals surface area contributed by atoms with Crippen LogP contribution >= 0.6 is 11.8 Å². The minimum absolute atomic E-state index is 0.292. The van der Waals surface area contributed by atoms with Crippen molar-refractivity contribution < 1.29 is 18.8 Å². The summed E-state index contributed by atoms with van der Waals surface area (Å²) in [6.07, 6.45) is 4.13. The highest BCUT2D eigenvalue weighted by atomic mass is 32.2. The second-order valence-corrected chi connectivity index (χ2v) is 9.28. The molecule has 6 nitrogen and oxygen atoms in total. The molecule has 1 atom stereocenters. The molecule has 1 spiro atoms. The van der Waals surface area contributed by atoms with Crippen LogP contribution in [-0.4, -0.2) is 52.0 Å². The first-order valence-corrected chi connectivity index (χ1v) is 11.3. The number of rotatable bonds is 4. The van der Waals surface area contributed by atoms with E-state index in [1.54, 1.807) is 23.1 Å². The summed E-state index contributed by atoms with van der Waals surface area (Å²) in [4.78, 5) is 41.2. The van der Waals surface area contributed by atoms with Crippen LogP contribution in [0.25, 0.3) is 0 Å². The van der Waals surface area contributed by atoms with Crippen LogP contribution in [-0.2, 0) is 9.59 Å². The predicted octanol–water partition coefficient (Wildman–Crippen LogP) is 3.29. The Morgan fingerprint density at radius 2 is 2.00 bits per heavy atom. The van der Waals surface area contributed by atoms with Crippen LogP contribution in [0, 0.1) is 11.7 Å². The molecule has 1 aromatic rings. The Hall–Kier alpha value is -2.09. The minimum Gasteiger partial charge on any atom is -0.324 e. The average Bonchev–Trinajstić information content (AvgIpc) is 3.29. The lowest BCUT2D eigenvalue weighted by Gasteiger charge is -2.34. The summed E-state index contributed by atoms with van der Waals surface area (Å²) in [5, 5.41) is 2.43. The summed E-state index contributed by atoms with van der Waals surface area (Å²) in [6.45, 7) is 2.31. The fourth-order valence-electron chi connectivity index (χ4n) is 4.62. The molecule has 0 radical (unpaired) electrons. The van der Waals surface area contributed by atoms with Gasteiger partial charge in [0.2, 0.25) is 5.91 Å². The van der Waals surface area contributed by atoms with Gasteiger partial charge in [-0.3, -0.25) is 14.5 Å². The Kier molecular flexibility index (Phi) is 5.55. The predicted molar refractivity (Wildman–Crippen MR) is 109 cm³/mol. The molecule has 156 valence electrons. The standard InChI is InChI=1S/C21H26FN3O3S/c1-2-14-7-9-21(10-8-14)19(27)25(20(28)23-21)13-17(26)24-11-12-29-18(24)15-5-3-4-6-16(15)22/h3-6,14,18H,2,7-13H2,1H3,(H,23,28)/t14?,18-,21?/m1/s1. The molecule has 0 aromatic heterocycles. The summed E-state index contributed by atoms with van der Waals surface area (Å²) in [5.41, 5.74) is -0.400. The lowest BCUT2D eigenvalue weighted by Crippen LogP contribution is -2.50. The van der Waals surface area contributed by atoms with Gasteiger partial charge in [-0.15, -0.1) is 11.8 Å². The molecule has 4 amide bonds. The van der Waals surface area contributed by atoms with Crippen LogP contribution in [0.5, 0.6) is 0 Å². The molecule has 3 aliphatic rings. The zero-order valence-corrected chi connectivity index (χ0v) is 17.3. The number of benzene rings is 1. The van der Waals surface area contributed by atoms with Crippen molar-refractivity contribution in [1.82, 2.24) is 15.1 Å². The molecule has 0 unspecified atom stereocenters. The number of imide groups is 1. The summed E-state index contributed by atoms with van der Waals surface area (Å²) in [5.74, 6) is 0.300. The summed E-state index contributed by atoms with van der Waals surface area (Å²) < 4.78 is 14.2. The summed E-state index contributed by atoms with van der Waals surface area (Å²) >= 11 is 1.49. The van der Waals surface area contributed by atoms with E-state index in [2.05, 4.69) is 12.2 Å². The Bertz CT molecular complexity index is 825. The van der Waals surface area contributed by atoms with Gasteiger partial charge in [-0.25, -0.2) is 9.18 Å². The van der Waals surface area contributed by atoms with Crippen molar-refractivity contribution in [1.29, 1.82) is 0 Å². The maximum Gasteiger partial charge on any atom is 0.325 e. The van der Waals surface area contributed by atoms with Crippen molar-refractivity contribution in [3.63, 3.8) is 0 Å². The summed E-state index contributed by atoms with van der Waals surface area (Å²) in [7, 11) is 0. The van der Waals surface area contributed by atoms with E-state index in [1.807, 2.05) is 0 Å². The Morgan fingerprint density at radius 1 is 1.28 bits per heavy atom. The molecule has 2 saturated heterocycles. The molecule has 2 aliphatic heterocycles. The number of hydrogen-bond acceptors (Lipinski definition) is 4. The fourth-order valence-corrected chi connectivity index (χ4v) is 5.92. The maximum absolute atomic E-state index is 14.2. The molecule has 2 heterocycles. The number of hydrogen-bond donors (Lipinski definition) is 1. The minimum atomic E-state index is -0.853. The zero-order valence-electron chi connectivity index (χ0n) is 16.5. The van der Waals surface area contributed by atoms with Gasteiger partial charge in [0.25, 0.3) is 5.91 Å². The number of halogens is 1. The van der Waals surface area contributed by atoms with Crippen molar-refractivity contribution >= 4 is 29.6 Å². The van der Waals surface area contributed by atoms with Crippen LogP contribution in [0.15, 0.2) is 24.3 Å². The highest BCUT2D eigenvalue weighted by Gasteiger charge is 2.53. The normalized spacial score (nSPS) is 29.6. The van der Waals surface area contributed by atoms with Gasteiger partial charge < -0.3 is 10.2 Å². The first-order valence-electron chi connectivity index (χ1n) is 10.2. The van der Waals surface area contributed by atoms with Gasteiger partial charge >= 0.3 is 6.03 Å². The third-order valence-electron chi connectivity index (χ3n) is 6.46. The number of carbonyl (C=O) groups excluding carboxylic acids is 3. The molecular formula is C21H26FN3O3S. The van der Waals surface area contributed by atoms with Gasteiger partial charge in [-0.2, -0.15) is 0 Å². The number of nitrogens with one attached hydrogen (secondary N) is 1. The first-order chi connectivity index (χ1) is 13.9. The Labute approximate surface area is 174 Å². The molecule has 1 aliphatic carbocycles. The second-order valence-electron chi connectivity index (χ2n) is 8.09. The first kappa shape index (κ1) is 20.2. The van der Waals surface area contributed by atoms with Crippen molar-refractivity contribution in [2.75, 3.05) is 18.8 Å². The van der Waals surface area contributed by atoms with Gasteiger partial charge in [0.15, 0.2) is 0 Å². The van der Waals surface area contributed by atoms with Gasteiger partial charge in [0, 0.05) is 17.9 Å². The topological polar surface area (TPSA) is 69.7 Å². The van der Waals surface area contributed by atoms with Crippen LogP contribution in [0.3, 0.4) is 0 Å². The molecule has 4 rings (SSSR count). The number of thioether (sulfide) groups is 1. The molecule has 8 heteroatoms. The van der Waals surface area contributed by atoms with Crippen LogP contribution in [0.2, 0.25) is 0 Å². The quantitative estimate of drug-likeness (QED) is 0.761. The van der Waals surface area contributed by atoms with E-state index in [1.165, 1.54) is 17.8 Å². The highest BCUT2D eigenvalue weighted by Crippen LogP contribution is 2.40. The van der Waals surface area contributed by atoms with Gasteiger partial charge in [0.1, 0.15) is 23.3 Å². The maximum atomic E-state index is 14.2. The molecule has 3 fully saturated rings. The molecule has 1 saturated carbocycles. The van der Waals surface area contributed by atoms with Gasteiger partial charge in [-0.1, -0.05) is 31.5 Å². The number of carbonyl (C=O) groups is 3. The van der Waals surface area contributed by atoms with Crippen molar-refractivity contribution in [3.05, 3.63) is 35.6 Å². The molecule has 1 N–H and O–H groups in total. The zero-order chi connectivity index (χ0) is 20.6. The summed E-state index contributed by atoms with van der Waals surface area (Å²) in [6, 6.07) is 5.92. The van der Waals surface area contributed by atoms with Gasteiger partial charge in [0.05, 0.1) is 0 Å². The van der Waals surface area contributed by atoms with Crippen molar-refractivity contribution in [2.45, 2.75) is 49.9 Å². The molecule has 1 aromatic carbocycles. The SMILES string of the molecule is CCC1CCC2(CC1)NC(=O)N(CC(=O)N1CCS[C@@H]1c1ccccc1F)C2=O. The average molecular weight is 420 g/mol. The highest BCUT2D eigenvalue weighted by molar-refractivity contribution is 7.99. The monoisotopic (exact) mass is 419 g/mol. The van der Waals surface area contributed by atoms with E-state index in [9.17, 15) is 18.8 Å². The van der Waals surface area contributed by atoms with Crippen molar-refractivity contribution in [3.8, 4) is 0 Å². The van der Waals surface area contributed by atoms with E-state index in [0.717, 1.165) is 24.2 Å². The number of amides is 4.